The molecular weight excluding hydrogens is 396 g/mol. The molecule has 0 radical (unpaired) electrons. The van der Waals surface area contributed by atoms with Crippen LogP contribution in [0.15, 0.2) is 54.6 Å². The van der Waals surface area contributed by atoms with E-state index in [-0.39, 0.29) is 17.4 Å². The highest BCUT2D eigenvalue weighted by molar-refractivity contribution is 5.94. The number of hydrogen-bond acceptors (Lipinski definition) is 3. The maximum atomic E-state index is 13.2. The summed E-state index contributed by atoms with van der Waals surface area (Å²) in [5.41, 5.74) is 2.30. The van der Waals surface area contributed by atoms with Gasteiger partial charge in [-0.3, -0.25) is 4.79 Å². The molecule has 1 heterocycles. The number of hydrogen-bond donors (Lipinski definition) is 0. The first-order valence-corrected chi connectivity index (χ1v) is 12.3. The van der Waals surface area contributed by atoms with Crippen LogP contribution < -0.4 is 4.74 Å². The summed E-state index contributed by atoms with van der Waals surface area (Å²) in [4.78, 5) is 18.0. The zero-order chi connectivity index (χ0) is 22.1. The van der Waals surface area contributed by atoms with Crippen LogP contribution >= 0.6 is 0 Å². The molecule has 1 aliphatic heterocycles. The zero-order valence-corrected chi connectivity index (χ0v) is 19.5. The SMILES string of the molecule is COc1cccc(C23CCN(CC4CC4)CC2CC[C@H](N(C)C(=O)c2ccccc2)C3)c1. The molecule has 4 heteroatoms. The summed E-state index contributed by atoms with van der Waals surface area (Å²) in [6.45, 7) is 3.63. The van der Waals surface area contributed by atoms with Crippen molar-refractivity contribution in [3.63, 3.8) is 0 Å². The fraction of sp³-hybridized carbons (Fsp3) is 0.536. The molecule has 0 aromatic heterocycles. The number of nitrogens with zero attached hydrogens (tertiary/aromatic N) is 2. The van der Waals surface area contributed by atoms with E-state index >= 15 is 0 Å². The summed E-state index contributed by atoms with van der Waals surface area (Å²) in [5, 5.41) is 0. The predicted molar refractivity (Wildman–Crippen MR) is 128 cm³/mol. The number of rotatable bonds is 6. The van der Waals surface area contributed by atoms with Gasteiger partial charge in [0.05, 0.1) is 7.11 Å². The fourth-order valence-electron chi connectivity index (χ4n) is 6.23. The van der Waals surface area contributed by atoms with Gasteiger partial charge in [0.15, 0.2) is 0 Å². The Morgan fingerprint density at radius 3 is 2.66 bits per heavy atom. The van der Waals surface area contributed by atoms with Crippen LogP contribution in [0.5, 0.6) is 5.75 Å². The van der Waals surface area contributed by atoms with Crippen LogP contribution in [-0.2, 0) is 5.41 Å². The first-order chi connectivity index (χ1) is 15.6. The lowest BCUT2D eigenvalue weighted by Gasteiger charge is -2.54. The third-order valence-electron chi connectivity index (χ3n) is 8.33. The number of methoxy groups -OCH3 is 1. The molecule has 0 bridgehead atoms. The standard InChI is InChI=1S/C28H36N2O2/c1-29(27(31)22-7-4-3-5-8-22)25-14-13-24-20-30(19-21-11-12-21)16-15-28(24,18-25)23-9-6-10-26(17-23)32-2/h3-10,17,21,24-25H,11-16,18-20H2,1-2H3/t24?,25-,28?/m0/s1. The Labute approximate surface area is 192 Å². The topological polar surface area (TPSA) is 32.8 Å². The molecule has 5 rings (SSSR count). The van der Waals surface area contributed by atoms with Gasteiger partial charge in [-0.05, 0) is 86.7 Å². The van der Waals surface area contributed by atoms with Crippen molar-refractivity contribution in [2.24, 2.45) is 11.8 Å². The van der Waals surface area contributed by atoms with Crippen molar-refractivity contribution < 1.29 is 9.53 Å². The molecule has 170 valence electrons. The lowest BCUT2D eigenvalue weighted by Crippen LogP contribution is -2.56. The number of amides is 1. The minimum Gasteiger partial charge on any atom is -0.497 e. The monoisotopic (exact) mass is 432 g/mol. The third-order valence-corrected chi connectivity index (χ3v) is 8.33. The van der Waals surface area contributed by atoms with Gasteiger partial charge < -0.3 is 14.5 Å². The van der Waals surface area contributed by atoms with Gasteiger partial charge in [-0.2, -0.15) is 0 Å². The molecule has 3 aliphatic rings. The van der Waals surface area contributed by atoms with Crippen LogP contribution in [-0.4, -0.2) is 55.5 Å². The van der Waals surface area contributed by atoms with E-state index in [1.165, 1.54) is 44.3 Å². The van der Waals surface area contributed by atoms with Gasteiger partial charge in [-0.15, -0.1) is 0 Å². The number of fused-ring (bicyclic) bond motifs is 1. The quantitative estimate of drug-likeness (QED) is 0.645. The van der Waals surface area contributed by atoms with E-state index in [1.54, 1.807) is 7.11 Å². The van der Waals surface area contributed by atoms with Crippen molar-refractivity contribution in [1.82, 2.24) is 9.80 Å². The highest BCUT2D eigenvalue weighted by atomic mass is 16.5. The van der Waals surface area contributed by atoms with Crippen LogP contribution in [0.2, 0.25) is 0 Å². The minimum absolute atomic E-state index is 0.114. The van der Waals surface area contributed by atoms with E-state index in [0.29, 0.717) is 5.92 Å². The molecule has 1 saturated heterocycles. The molecule has 1 amide bonds. The Balaban J connectivity index is 1.42. The third kappa shape index (κ3) is 4.17. The van der Waals surface area contributed by atoms with Crippen molar-refractivity contribution in [3.8, 4) is 5.75 Å². The second kappa shape index (κ2) is 8.90. The van der Waals surface area contributed by atoms with Crippen LogP contribution in [0.4, 0.5) is 0 Å². The second-order valence-electron chi connectivity index (χ2n) is 10.3. The van der Waals surface area contributed by atoms with Crippen molar-refractivity contribution >= 4 is 5.91 Å². The lowest BCUT2D eigenvalue weighted by atomic mass is 9.57. The highest BCUT2D eigenvalue weighted by Gasteiger charge is 2.49. The summed E-state index contributed by atoms with van der Waals surface area (Å²) in [6.07, 6.45) is 7.30. The molecule has 2 saturated carbocycles. The van der Waals surface area contributed by atoms with E-state index in [0.717, 1.165) is 36.6 Å². The van der Waals surface area contributed by atoms with Gasteiger partial charge >= 0.3 is 0 Å². The van der Waals surface area contributed by atoms with E-state index in [9.17, 15) is 4.79 Å². The van der Waals surface area contributed by atoms with Gasteiger partial charge in [0.2, 0.25) is 0 Å². The zero-order valence-electron chi connectivity index (χ0n) is 19.5. The predicted octanol–water partition coefficient (Wildman–Crippen LogP) is 4.99. The summed E-state index contributed by atoms with van der Waals surface area (Å²) in [5.74, 6) is 2.65. The van der Waals surface area contributed by atoms with Crippen LogP contribution in [0, 0.1) is 11.8 Å². The van der Waals surface area contributed by atoms with Crippen molar-refractivity contribution in [1.29, 1.82) is 0 Å². The molecule has 0 N–H and O–H groups in total. The summed E-state index contributed by atoms with van der Waals surface area (Å²) in [6, 6.07) is 18.7. The summed E-state index contributed by atoms with van der Waals surface area (Å²) >= 11 is 0. The molecule has 4 nitrogen and oxygen atoms in total. The fourth-order valence-corrected chi connectivity index (χ4v) is 6.23. The van der Waals surface area contributed by atoms with Gasteiger partial charge in [-0.1, -0.05) is 30.3 Å². The summed E-state index contributed by atoms with van der Waals surface area (Å²) < 4.78 is 5.60. The number of ether oxygens (including phenoxy) is 1. The Morgan fingerprint density at radius 2 is 1.91 bits per heavy atom. The molecule has 3 fully saturated rings. The van der Waals surface area contributed by atoms with Crippen molar-refractivity contribution in [2.45, 2.75) is 50.0 Å². The number of carbonyl (C=O) groups excluding carboxylic acids is 1. The highest BCUT2D eigenvalue weighted by Crippen LogP contribution is 2.51. The molecular formula is C28H36N2O2. The second-order valence-corrected chi connectivity index (χ2v) is 10.3. The summed E-state index contributed by atoms with van der Waals surface area (Å²) in [7, 11) is 3.75. The molecule has 0 spiro atoms. The van der Waals surface area contributed by atoms with Gasteiger partial charge in [0, 0.05) is 37.2 Å². The smallest absolute Gasteiger partial charge is 0.253 e. The van der Waals surface area contributed by atoms with Crippen LogP contribution in [0.1, 0.15) is 54.4 Å². The van der Waals surface area contributed by atoms with Gasteiger partial charge in [0.25, 0.3) is 5.91 Å². The number of carbonyl (C=O) groups is 1. The Bertz CT molecular complexity index is 941. The first-order valence-electron chi connectivity index (χ1n) is 12.3. The Kier molecular flexibility index (Phi) is 5.98. The number of piperidine rings is 1. The Morgan fingerprint density at radius 1 is 1.09 bits per heavy atom. The van der Waals surface area contributed by atoms with E-state index in [4.69, 9.17) is 4.74 Å². The normalized spacial score (nSPS) is 28.1. The maximum absolute atomic E-state index is 13.2. The average Bonchev–Trinajstić information content (AvgIpc) is 3.67. The lowest BCUT2D eigenvalue weighted by molar-refractivity contribution is 0.0175. The minimum atomic E-state index is 0.114. The van der Waals surface area contributed by atoms with E-state index in [1.807, 2.05) is 48.3 Å². The van der Waals surface area contributed by atoms with Gasteiger partial charge in [0.1, 0.15) is 5.75 Å². The Hall–Kier alpha value is -2.33. The molecule has 2 aliphatic carbocycles. The van der Waals surface area contributed by atoms with E-state index in [2.05, 4.69) is 23.1 Å². The molecule has 3 atom stereocenters. The van der Waals surface area contributed by atoms with Crippen LogP contribution in [0.25, 0.3) is 0 Å². The maximum Gasteiger partial charge on any atom is 0.253 e. The van der Waals surface area contributed by atoms with Crippen LogP contribution in [0.3, 0.4) is 0 Å². The number of benzene rings is 2. The van der Waals surface area contributed by atoms with Crippen molar-refractivity contribution in [2.75, 3.05) is 33.8 Å². The van der Waals surface area contributed by atoms with E-state index < -0.39 is 0 Å². The molecule has 2 aromatic carbocycles. The molecule has 2 unspecified atom stereocenters. The molecule has 32 heavy (non-hydrogen) atoms. The van der Waals surface area contributed by atoms with Gasteiger partial charge in [-0.25, -0.2) is 0 Å². The first kappa shape index (κ1) is 21.5. The number of likely N-dealkylation sites (tertiary alicyclic amines) is 1. The average molecular weight is 433 g/mol. The van der Waals surface area contributed by atoms with Crippen molar-refractivity contribution in [3.05, 3.63) is 65.7 Å². The largest absolute Gasteiger partial charge is 0.497 e. The molecule has 2 aromatic rings.